The Morgan fingerprint density at radius 3 is 2.43 bits per heavy atom. The Labute approximate surface area is 175 Å². The van der Waals surface area contributed by atoms with E-state index in [4.69, 9.17) is 4.74 Å². The van der Waals surface area contributed by atoms with Gasteiger partial charge in [0, 0.05) is 5.56 Å². The van der Waals surface area contributed by atoms with E-state index in [9.17, 15) is 4.79 Å². The van der Waals surface area contributed by atoms with Gasteiger partial charge >= 0.3 is 0 Å². The van der Waals surface area contributed by atoms with E-state index in [1.807, 2.05) is 72.8 Å². The van der Waals surface area contributed by atoms with Crippen LogP contribution >= 0.6 is 0 Å². The average molecular weight is 394 g/mol. The summed E-state index contributed by atoms with van der Waals surface area (Å²) in [5, 5.41) is 6.19. The number of amides is 1. The molecule has 0 saturated carbocycles. The standard InChI is InChI=1S/C26H22N2O2/c1-19-6-2-3-9-24(19)18-30-25-14-10-20(11-15-25)17-27-28-26(29)23-13-12-21-7-4-5-8-22(21)16-23/h2-17H,18H2,1H3,(H,28,29)/b27-17-. The van der Waals surface area contributed by atoms with Gasteiger partial charge in [-0.15, -0.1) is 0 Å². The van der Waals surface area contributed by atoms with Crippen molar-refractivity contribution in [3.8, 4) is 5.75 Å². The van der Waals surface area contributed by atoms with Gasteiger partial charge in [-0.3, -0.25) is 4.79 Å². The van der Waals surface area contributed by atoms with E-state index in [2.05, 4.69) is 29.6 Å². The van der Waals surface area contributed by atoms with Crippen LogP contribution in [0.3, 0.4) is 0 Å². The number of carbonyl (C=O) groups is 1. The highest BCUT2D eigenvalue weighted by Crippen LogP contribution is 2.16. The van der Waals surface area contributed by atoms with E-state index in [0.29, 0.717) is 12.2 Å². The molecule has 1 amide bonds. The highest BCUT2D eigenvalue weighted by molar-refractivity contribution is 5.98. The Morgan fingerprint density at radius 1 is 0.900 bits per heavy atom. The SMILES string of the molecule is Cc1ccccc1COc1ccc(/C=N\NC(=O)c2ccc3ccccc3c2)cc1. The normalized spacial score (nSPS) is 11.0. The molecule has 0 spiro atoms. The van der Waals surface area contributed by atoms with Crippen molar-refractivity contribution in [1.82, 2.24) is 5.43 Å². The second-order valence-electron chi connectivity index (χ2n) is 7.05. The predicted molar refractivity (Wildman–Crippen MR) is 121 cm³/mol. The maximum Gasteiger partial charge on any atom is 0.271 e. The Kier molecular flexibility index (Phi) is 5.85. The summed E-state index contributed by atoms with van der Waals surface area (Å²) in [6.07, 6.45) is 1.62. The van der Waals surface area contributed by atoms with Crippen LogP contribution in [0.2, 0.25) is 0 Å². The molecule has 30 heavy (non-hydrogen) atoms. The van der Waals surface area contributed by atoms with Gasteiger partial charge in [-0.2, -0.15) is 5.10 Å². The lowest BCUT2D eigenvalue weighted by Gasteiger charge is -2.08. The highest BCUT2D eigenvalue weighted by atomic mass is 16.5. The molecular formula is C26H22N2O2. The van der Waals surface area contributed by atoms with Gasteiger partial charge in [0.05, 0.1) is 6.21 Å². The molecule has 0 aliphatic heterocycles. The summed E-state index contributed by atoms with van der Waals surface area (Å²) in [4.78, 5) is 12.3. The third kappa shape index (κ3) is 4.73. The maximum absolute atomic E-state index is 12.3. The fourth-order valence-corrected chi connectivity index (χ4v) is 3.14. The summed E-state index contributed by atoms with van der Waals surface area (Å²) in [5.74, 6) is 0.547. The van der Waals surface area contributed by atoms with Crippen LogP contribution in [0.5, 0.6) is 5.75 Å². The Bertz CT molecular complexity index is 1200. The molecule has 0 bridgehead atoms. The minimum Gasteiger partial charge on any atom is -0.489 e. The molecule has 0 saturated heterocycles. The first kappa shape index (κ1) is 19.4. The first-order chi connectivity index (χ1) is 14.7. The zero-order valence-corrected chi connectivity index (χ0v) is 16.7. The van der Waals surface area contributed by atoms with Gasteiger partial charge < -0.3 is 4.74 Å². The van der Waals surface area contributed by atoms with E-state index in [1.165, 1.54) is 11.1 Å². The van der Waals surface area contributed by atoms with Gasteiger partial charge in [0.2, 0.25) is 0 Å². The number of ether oxygens (including phenoxy) is 1. The van der Waals surface area contributed by atoms with Crippen molar-refractivity contribution in [3.63, 3.8) is 0 Å². The molecule has 148 valence electrons. The maximum atomic E-state index is 12.3. The Hall–Kier alpha value is -3.92. The molecule has 0 heterocycles. The van der Waals surface area contributed by atoms with Crippen molar-refractivity contribution in [1.29, 1.82) is 0 Å². The fourth-order valence-electron chi connectivity index (χ4n) is 3.14. The molecule has 0 aliphatic rings. The zero-order valence-electron chi connectivity index (χ0n) is 16.7. The van der Waals surface area contributed by atoms with E-state index in [0.717, 1.165) is 22.1 Å². The first-order valence-electron chi connectivity index (χ1n) is 9.79. The average Bonchev–Trinajstić information content (AvgIpc) is 2.79. The lowest BCUT2D eigenvalue weighted by Crippen LogP contribution is -2.17. The molecule has 4 heteroatoms. The molecular weight excluding hydrogens is 372 g/mol. The molecule has 0 aliphatic carbocycles. The van der Waals surface area contributed by atoms with Crippen LogP contribution in [-0.2, 0) is 6.61 Å². The molecule has 4 rings (SSSR count). The van der Waals surface area contributed by atoms with Gasteiger partial charge in [-0.05, 0) is 70.8 Å². The summed E-state index contributed by atoms with van der Waals surface area (Å²) in [5.41, 5.74) is 6.40. The van der Waals surface area contributed by atoms with Gasteiger partial charge in [0.1, 0.15) is 12.4 Å². The Morgan fingerprint density at radius 2 is 1.63 bits per heavy atom. The minimum absolute atomic E-state index is 0.241. The second kappa shape index (κ2) is 9.05. The first-order valence-corrected chi connectivity index (χ1v) is 9.79. The van der Waals surface area contributed by atoms with Crippen LogP contribution in [0.1, 0.15) is 27.0 Å². The highest BCUT2D eigenvalue weighted by Gasteiger charge is 2.05. The second-order valence-corrected chi connectivity index (χ2v) is 7.05. The molecule has 0 aromatic heterocycles. The van der Waals surface area contributed by atoms with E-state index in [-0.39, 0.29) is 5.91 Å². The van der Waals surface area contributed by atoms with Gasteiger partial charge in [0.15, 0.2) is 0 Å². The van der Waals surface area contributed by atoms with Crippen molar-refractivity contribution in [2.45, 2.75) is 13.5 Å². The Balaban J connectivity index is 1.33. The van der Waals surface area contributed by atoms with Gasteiger partial charge in [-0.25, -0.2) is 5.43 Å². The summed E-state index contributed by atoms with van der Waals surface area (Å²) in [6, 6.07) is 29.3. The number of nitrogens with one attached hydrogen (secondary N) is 1. The lowest BCUT2D eigenvalue weighted by atomic mass is 10.1. The van der Waals surface area contributed by atoms with Crippen molar-refractivity contribution in [2.75, 3.05) is 0 Å². The predicted octanol–water partition coefficient (Wildman–Crippen LogP) is 5.49. The van der Waals surface area contributed by atoms with Crippen LogP contribution in [-0.4, -0.2) is 12.1 Å². The van der Waals surface area contributed by atoms with Crippen LogP contribution in [0.15, 0.2) is 96.1 Å². The van der Waals surface area contributed by atoms with E-state index >= 15 is 0 Å². The fraction of sp³-hybridized carbons (Fsp3) is 0.0769. The molecule has 4 aromatic rings. The summed E-state index contributed by atoms with van der Waals surface area (Å²) in [7, 11) is 0. The molecule has 4 aromatic carbocycles. The molecule has 4 nitrogen and oxygen atoms in total. The summed E-state index contributed by atoms with van der Waals surface area (Å²) >= 11 is 0. The zero-order chi connectivity index (χ0) is 20.8. The number of rotatable bonds is 6. The smallest absolute Gasteiger partial charge is 0.271 e. The van der Waals surface area contributed by atoms with Crippen molar-refractivity contribution >= 4 is 22.9 Å². The molecule has 0 radical (unpaired) electrons. The van der Waals surface area contributed by atoms with Crippen LogP contribution in [0.25, 0.3) is 10.8 Å². The number of hydrogen-bond donors (Lipinski definition) is 1. The topological polar surface area (TPSA) is 50.7 Å². The summed E-state index contributed by atoms with van der Waals surface area (Å²) in [6.45, 7) is 2.60. The third-order valence-corrected chi connectivity index (χ3v) is 4.93. The molecule has 0 unspecified atom stereocenters. The number of benzene rings is 4. The van der Waals surface area contributed by atoms with Gasteiger partial charge in [0.25, 0.3) is 5.91 Å². The third-order valence-electron chi connectivity index (χ3n) is 4.93. The number of carbonyl (C=O) groups excluding carboxylic acids is 1. The van der Waals surface area contributed by atoms with E-state index < -0.39 is 0 Å². The van der Waals surface area contributed by atoms with Crippen molar-refractivity contribution < 1.29 is 9.53 Å². The molecule has 0 atom stereocenters. The monoisotopic (exact) mass is 394 g/mol. The number of aryl methyl sites for hydroxylation is 1. The molecule has 0 fully saturated rings. The van der Waals surface area contributed by atoms with Crippen LogP contribution in [0, 0.1) is 6.92 Å². The molecule has 1 N–H and O–H groups in total. The number of nitrogens with zero attached hydrogens (tertiary/aromatic N) is 1. The lowest BCUT2D eigenvalue weighted by molar-refractivity contribution is 0.0955. The summed E-state index contributed by atoms with van der Waals surface area (Å²) < 4.78 is 5.85. The van der Waals surface area contributed by atoms with Crippen molar-refractivity contribution in [2.24, 2.45) is 5.10 Å². The minimum atomic E-state index is -0.241. The number of hydrazone groups is 1. The number of fused-ring (bicyclic) bond motifs is 1. The largest absolute Gasteiger partial charge is 0.489 e. The van der Waals surface area contributed by atoms with Gasteiger partial charge in [-0.1, -0.05) is 54.6 Å². The quantitative estimate of drug-likeness (QED) is 0.347. The van der Waals surface area contributed by atoms with Crippen LogP contribution < -0.4 is 10.2 Å². The van der Waals surface area contributed by atoms with Crippen molar-refractivity contribution in [3.05, 3.63) is 113 Å². The van der Waals surface area contributed by atoms with E-state index in [1.54, 1.807) is 12.3 Å². The van der Waals surface area contributed by atoms with Crippen LogP contribution in [0.4, 0.5) is 0 Å². The number of hydrogen-bond acceptors (Lipinski definition) is 3.